The van der Waals surface area contributed by atoms with E-state index in [4.69, 9.17) is 4.74 Å². The molecule has 2 saturated carbocycles. The monoisotopic (exact) mass is 406 g/mol. The van der Waals surface area contributed by atoms with Crippen molar-refractivity contribution in [2.75, 3.05) is 6.61 Å². The van der Waals surface area contributed by atoms with Crippen molar-refractivity contribution < 1.29 is 9.53 Å². The molecular weight excluding hydrogens is 376 g/mol. The summed E-state index contributed by atoms with van der Waals surface area (Å²) in [6, 6.07) is 0. The molecule has 5 atom stereocenters. The zero-order valence-corrected chi connectivity index (χ0v) is 17.7. The maximum atomic E-state index is 12.7. The van der Waals surface area contributed by atoms with Crippen molar-refractivity contribution in [1.82, 2.24) is 0 Å². The minimum atomic E-state index is -0.0760. The van der Waals surface area contributed by atoms with E-state index in [0.717, 1.165) is 44.5 Å². The van der Waals surface area contributed by atoms with Crippen molar-refractivity contribution >= 4 is 21.7 Å². The molecule has 0 aromatic carbocycles. The van der Waals surface area contributed by atoms with Crippen LogP contribution >= 0.6 is 15.9 Å². The van der Waals surface area contributed by atoms with Crippen LogP contribution < -0.4 is 0 Å². The first-order valence-electron chi connectivity index (χ1n) is 10.0. The van der Waals surface area contributed by atoms with Crippen LogP contribution in [0.1, 0.15) is 72.6 Å². The lowest BCUT2D eigenvalue weighted by Gasteiger charge is -2.62. The number of carbonyl (C=O) groups excluding carboxylic acids is 1. The van der Waals surface area contributed by atoms with Gasteiger partial charge in [-0.05, 0) is 77.8 Å². The molecule has 4 aliphatic carbocycles. The quantitative estimate of drug-likeness (QED) is 0.548. The molecule has 0 unspecified atom stereocenters. The second kappa shape index (κ2) is 5.71. The number of allylic oxidation sites excluding steroid dienone is 4. The average Bonchev–Trinajstić information content (AvgIpc) is 2.85. The Balaban J connectivity index is 1.79. The number of ether oxygens (including phenoxy) is 1. The first-order chi connectivity index (χ1) is 11.8. The molecule has 2 fully saturated rings. The Morgan fingerprint density at radius 3 is 2.56 bits per heavy atom. The van der Waals surface area contributed by atoms with Gasteiger partial charge < -0.3 is 4.74 Å². The lowest BCUT2D eigenvalue weighted by molar-refractivity contribution is -0.139. The van der Waals surface area contributed by atoms with E-state index in [2.05, 4.69) is 49.7 Å². The van der Waals surface area contributed by atoms with Crippen LogP contribution in [-0.2, 0) is 9.53 Å². The van der Waals surface area contributed by atoms with Crippen LogP contribution in [0.2, 0.25) is 0 Å². The van der Waals surface area contributed by atoms with Crippen LogP contribution in [0.15, 0.2) is 21.9 Å². The Morgan fingerprint density at radius 2 is 1.84 bits per heavy atom. The van der Waals surface area contributed by atoms with E-state index in [-0.39, 0.29) is 16.2 Å². The molecule has 2 nitrogen and oxygen atoms in total. The number of ketones is 1. The second-order valence-corrected chi connectivity index (χ2v) is 10.4. The van der Waals surface area contributed by atoms with Gasteiger partial charge in [0, 0.05) is 18.3 Å². The van der Waals surface area contributed by atoms with Gasteiger partial charge in [-0.3, -0.25) is 4.79 Å². The summed E-state index contributed by atoms with van der Waals surface area (Å²) in [6.07, 6.45) is 9.77. The molecule has 0 aliphatic heterocycles. The number of fused-ring (bicyclic) bond motifs is 5. The van der Waals surface area contributed by atoms with Crippen molar-refractivity contribution in [1.29, 1.82) is 0 Å². The molecule has 138 valence electrons. The van der Waals surface area contributed by atoms with Gasteiger partial charge >= 0.3 is 0 Å². The van der Waals surface area contributed by atoms with Gasteiger partial charge in [0.15, 0.2) is 0 Å². The molecule has 0 amide bonds. The summed E-state index contributed by atoms with van der Waals surface area (Å²) in [5.41, 5.74) is 1.83. The third kappa shape index (κ3) is 2.30. The Kier molecular flexibility index (Phi) is 4.07. The maximum absolute atomic E-state index is 12.7. The van der Waals surface area contributed by atoms with Gasteiger partial charge in [0.2, 0.25) is 0 Å². The summed E-state index contributed by atoms with van der Waals surface area (Å²) in [6.45, 7) is 10.0. The molecular formula is C22H31BrO2. The molecule has 0 spiro atoms. The number of hydrogen-bond donors (Lipinski definition) is 0. The molecule has 4 rings (SSSR count). The topological polar surface area (TPSA) is 26.3 Å². The van der Waals surface area contributed by atoms with Gasteiger partial charge in [0.1, 0.15) is 5.78 Å². The minimum Gasteiger partial charge on any atom is -0.498 e. The fraction of sp³-hybridized carbons (Fsp3) is 0.773. The zero-order chi connectivity index (χ0) is 18.0. The molecule has 0 saturated heterocycles. The Labute approximate surface area is 160 Å². The molecule has 0 N–H and O–H groups in total. The average molecular weight is 407 g/mol. The van der Waals surface area contributed by atoms with Gasteiger partial charge in [-0.15, -0.1) is 0 Å². The molecule has 0 radical (unpaired) electrons. The van der Waals surface area contributed by atoms with Crippen molar-refractivity contribution in [3.05, 3.63) is 21.9 Å². The van der Waals surface area contributed by atoms with E-state index < -0.39 is 0 Å². The highest BCUT2D eigenvalue weighted by atomic mass is 79.9. The van der Waals surface area contributed by atoms with E-state index in [9.17, 15) is 4.79 Å². The summed E-state index contributed by atoms with van der Waals surface area (Å²) in [5.74, 6) is 2.87. The van der Waals surface area contributed by atoms with Gasteiger partial charge in [-0.25, -0.2) is 0 Å². The van der Waals surface area contributed by atoms with Crippen LogP contribution in [-0.4, -0.2) is 12.4 Å². The number of carbonyl (C=O) groups is 1. The zero-order valence-electron chi connectivity index (χ0n) is 16.1. The highest BCUT2D eigenvalue weighted by Crippen LogP contribution is 2.70. The molecule has 0 aromatic rings. The third-order valence-electron chi connectivity index (χ3n) is 8.35. The van der Waals surface area contributed by atoms with Crippen LogP contribution in [0, 0.1) is 28.1 Å². The van der Waals surface area contributed by atoms with Crippen LogP contribution in [0.3, 0.4) is 0 Å². The highest BCUT2D eigenvalue weighted by Gasteiger charge is 2.64. The lowest BCUT2D eigenvalue weighted by atomic mass is 9.43. The summed E-state index contributed by atoms with van der Waals surface area (Å²) in [4.78, 5) is 12.7. The predicted molar refractivity (Wildman–Crippen MR) is 104 cm³/mol. The van der Waals surface area contributed by atoms with Crippen LogP contribution in [0.4, 0.5) is 0 Å². The minimum absolute atomic E-state index is 0.0760. The number of halogens is 1. The summed E-state index contributed by atoms with van der Waals surface area (Å²) >= 11 is 3.97. The number of rotatable bonds is 2. The molecule has 0 aromatic heterocycles. The second-order valence-electron chi connectivity index (χ2n) is 9.49. The first kappa shape index (κ1) is 17.8. The van der Waals surface area contributed by atoms with Crippen LogP contribution in [0.25, 0.3) is 0 Å². The fourth-order valence-corrected chi connectivity index (χ4v) is 8.32. The van der Waals surface area contributed by atoms with E-state index in [0.29, 0.717) is 17.6 Å². The normalized spacial score (nSPS) is 46.3. The molecule has 25 heavy (non-hydrogen) atoms. The van der Waals surface area contributed by atoms with E-state index >= 15 is 0 Å². The SMILES string of the molecule is CCOC1=CC2=C(Br)C[C@]3(C)[C@H](CC[C@]4(C)C(=O)CC[C@@H]34)[C@@]2(C)CC1. The van der Waals surface area contributed by atoms with Gasteiger partial charge in [0.25, 0.3) is 0 Å². The van der Waals surface area contributed by atoms with Crippen LogP contribution in [0.5, 0.6) is 0 Å². The Hall–Kier alpha value is -0.570. The van der Waals surface area contributed by atoms with E-state index in [1.54, 1.807) is 0 Å². The van der Waals surface area contributed by atoms with E-state index in [1.165, 1.54) is 22.9 Å². The van der Waals surface area contributed by atoms with Crippen molar-refractivity contribution in [2.45, 2.75) is 72.6 Å². The predicted octanol–water partition coefficient (Wildman–Crippen LogP) is 6.16. The molecule has 0 bridgehead atoms. The Morgan fingerprint density at radius 1 is 1.12 bits per heavy atom. The first-order valence-corrected chi connectivity index (χ1v) is 10.8. The third-order valence-corrected chi connectivity index (χ3v) is 9.06. The largest absolute Gasteiger partial charge is 0.498 e. The summed E-state index contributed by atoms with van der Waals surface area (Å²) < 4.78 is 7.20. The Bertz CT molecular complexity index is 678. The maximum Gasteiger partial charge on any atom is 0.139 e. The van der Waals surface area contributed by atoms with Gasteiger partial charge in [-0.2, -0.15) is 0 Å². The highest BCUT2D eigenvalue weighted by molar-refractivity contribution is 9.11. The summed E-state index contributed by atoms with van der Waals surface area (Å²) in [5, 5.41) is 0. The van der Waals surface area contributed by atoms with Gasteiger partial charge in [0.05, 0.1) is 12.4 Å². The van der Waals surface area contributed by atoms with Crippen molar-refractivity contribution in [2.24, 2.45) is 28.1 Å². The van der Waals surface area contributed by atoms with Crippen molar-refractivity contribution in [3.8, 4) is 0 Å². The summed E-state index contributed by atoms with van der Waals surface area (Å²) in [7, 11) is 0. The van der Waals surface area contributed by atoms with Crippen molar-refractivity contribution in [3.63, 3.8) is 0 Å². The lowest BCUT2D eigenvalue weighted by Crippen LogP contribution is -2.55. The number of hydrogen-bond acceptors (Lipinski definition) is 2. The smallest absolute Gasteiger partial charge is 0.139 e. The molecule has 4 aliphatic rings. The molecule has 0 heterocycles. The fourth-order valence-electron chi connectivity index (χ4n) is 7.15. The number of Topliss-reactive ketones (excluding diaryl/α,β-unsaturated/α-hetero) is 1. The van der Waals surface area contributed by atoms with Gasteiger partial charge in [-0.1, -0.05) is 36.7 Å². The standard InChI is InChI=1S/C22H31BrO2/c1-5-25-14-8-10-20(2)15(12-14)16(23)13-22(4)17-6-7-19(24)21(17,3)11-9-18(20)22/h12,17-18H,5-11,13H2,1-4H3/t17-,18-,20+,21+,22+/m1/s1. The molecule has 3 heteroatoms. The van der Waals surface area contributed by atoms with E-state index in [1.807, 2.05) is 0 Å².